The van der Waals surface area contributed by atoms with E-state index in [1.165, 1.54) is 0 Å². The molecular formula is C11H19KN3O2+. The molecule has 2 heterocycles. The first-order valence-corrected chi connectivity index (χ1v) is 5.09. The Hall–Kier alpha value is -0.0136. The summed E-state index contributed by atoms with van der Waals surface area (Å²) in [7, 11) is 1.87. The molecule has 5 nitrogen and oxygen atoms in total. The maximum Gasteiger partial charge on any atom is 1.00 e. The summed E-state index contributed by atoms with van der Waals surface area (Å²) < 4.78 is 6.70. The number of hydrogen-bond donors (Lipinski definition) is 1. The van der Waals surface area contributed by atoms with Crippen LogP contribution in [0.5, 0.6) is 0 Å². The molecule has 0 saturated heterocycles. The standard InChI is InChI=1S/C8H9N3O2.C2H6.CH3.K/c1-3-6-9-7-5(4-11(6)2)13-8(12)10-7;1-2;;/h4H,3H2,1-2H3;1-2H3;1H3;/q;;-1;+1/p+1. The zero-order valence-electron chi connectivity index (χ0n) is 11.5. The first-order valence-electron chi connectivity index (χ1n) is 5.09. The minimum absolute atomic E-state index is 0. The van der Waals surface area contributed by atoms with Crippen LogP contribution in [0.25, 0.3) is 11.2 Å². The Morgan fingerprint density at radius 3 is 2.59 bits per heavy atom. The van der Waals surface area contributed by atoms with E-state index in [0.29, 0.717) is 11.2 Å². The van der Waals surface area contributed by atoms with Crippen LogP contribution in [0.3, 0.4) is 0 Å². The maximum absolute atomic E-state index is 10.8. The molecule has 0 unspecified atom stereocenters. The molecule has 0 fully saturated rings. The quantitative estimate of drug-likeness (QED) is 0.383. The number of H-pyrrole nitrogens is 1. The summed E-state index contributed by atoms with van der Waals surface area (Å²) in [6, 6.07) is 0. The van der Waals surface area contributed by atoms with Crippen LogP contribution in [0.15, 0.2) is 15.4 Å². The van der Waals surface area contributed by atoms with Gasteiger partial charge in [0.15, 0.2) is 0 Å². The van der Waals surface area contributed by atoms with E-state index in [9.17, 15) is 4.79 Å². The Morgan fingerprint density at radius 1 is 1.47 bits per heavy atom. The van der Waals surface area contributed by atoms with E-state index in [1.54, 1.807) is 6.20 Å². The molecule has 0 spiro atoms. The number of nitrogens with zero attached hydrogens (tertiary/aromatic N) is 2. The van der Waals surface area contributed by atoms with Crippen molar-refractivity contribution in [1.29, 1.82) is 0 Å². The van der Waals surface area contributed by atoms with Crippen molar-refractivity contribution >= 4 is 11.2 Å². The number of aryl methyl sites for hydroxylation is 2. The first-order chi connectivity index (χ1) is 7.20. The van der Waals surface area contributed by atoms with Gasteiger partial charge in [0, 0.05) is 0 Å². The van der Waals surface area contributed by atoms with E-state index in [0.717, 1.165) is 12.2 Å². The van der Waals surface area contributed by atoms with E-state index >= 15 is 0 Å². The van der Waals surface area contributed by atoms with Crippen molar-refractivity contribution in [2.75, 3.05) is 0 Å². The smallest absolute Gasteiger partial charge is 0.400 e. The van der Waals surface area contributed by atoms with Crippen LogP contribution in [-0.2, 0) is 13.5 Å². The van der Waals surface area contributed by atoms with E-state index in [1.807, 2.05) is 32.4 Å². The second kappa shape index (κ2) is 8.99. The van der Waals surface area contributed by atoms with Gasteiger partial charge in [0.05, 0.1) is 13.5 Å². The van der Waals surface area contributed by atoms with Crippen molar-refractivity contribution in [3.8, 4) is 0 Å². The topological polar surface area (TPSA) is 62.8 Å². The van der Waals surface area contributed by atoms with Gasteiger partial charge in [0.25, 0.3) is 5.65 Å². The summed E-state index contributed by atoms with van der Waals surface area (Å²) in [5.74, 6) is 0.445. The number of fused-ring (bicyclic) bond motifs is 1. The molecule has 2 rings (SSSR count). The molecule has 1 N–H and O–H groups in total. The number of oxazole rings is 1. The van der Waals surface area contributed by atoms with Gasteiger partial charge in [-0.15, -0.1) is 0 Å². The van der Waals surface area contributed by atoms with E-state index in [2.05, 4.69) is 9.97 Å². The molecule has 17 heavy (non-hydrogen) atoms. The van der Waals surface area contributed by atoms with Gasteiger partial charge in [0.1, 0.15) is 6.20 Å². The second-order valence-electron chi connectivity index (χ2n) is 2.85. The average Bonchev–Trinajstić information content (AvgIpc) is 2.59. The molecule has 90 valence electrons. The van der Waals surface area contributed by atoms with Gasteiger partial charge in [-0.25, -0.2) is 9.36 Å². The van der Waals surface area contributed by atoms with Crippen molar-refractivity contribution < 1.29 is 60.4 Å². The molecule has 0 atom stereocenters. The number of aromatic nitrogens is 3. The minimum atomic E-state index is -0.462. The van der Waals surface area contributed by atoms with Gasteiger partial charge in [-0.05, 0) is 4.98 Å². The average molecular weight is 264 g/mol. The van der Waals surface area contributed by atoms with Gasteiger partial charge >= 0.3 is 63.0 Å². The Morgan fingerprint density at radius 2 is 2.06 bits per heavy atom. The molecule has 0 aliphatic rings. The molecule has 0 bridgehead atoms. The van der Waals surface area contributed by atoms with Crippen molar-refractivity contribution in [3.63, 3.8) is 0 Å². The number of hydrogen-bond acceptors (Lipinski definition) is 3. The third-order valence-corrected chi connectivity index (χ3v) is 1.93. The molecule has 2 aromatic heterocycles. The minimum Gasteiger partial charge on any atom is -0.400 e. The van der Waals surface area contributed by atoms with Crippen LogP contribution in [0.4, 0.5) is 0 Å². The van der Waals surface area contributed by atoms with Crippen molar-refractivity contribution in [3.05, 3.63) is 30.0 Å². The Labute approximate surface area is 144 Å². The fourth-order valence-corrected chi connectivity index (χ4v) is 1.29. The van der Waals surface area contributed by atoms with E-state index < -0.39 is 5.76 Å². The third-order valence-electron chi connectivity index (χ3n) is 1.93. The molecule has 0 aliphatic carbocycles. The maximum atomic E-state index is 10.8. The van der Waals surface area contributed by atoms with Crippen LogP contribution in [0.2, 0.25) is 0 Å². The van der Waals surface area contributed by atoms with Crippen molar-refractivity contribution in [2.24, 2.45) is 7.05 Å². The largest absolute Gasteiger partial charge is 1.00 e. The molecule has 0 aromatic carbocycles. The fourth-order valence-electron chi connectivity index (χ4n) is 1.29. The van der Waals surface area contributed by atoms with Crippen LogP contribution < -0.4 is 61.7 Å². The van der Waals surface area contributed by atoms with E-state index in [4.69, 9.17) is 4.42 Å². The summed E-state index contributed by atoms with van der Waals surface area (Å²) in [6.45, 7) is 6.01. The summed E-state index contributed by atoms with van der Waals surface area (Å²) in [4.78, 5) is 17.6. The van der Waals surface area contributed by atoms with Gasteiger partial charge < -0.3 is 11.8 Å². The van der Waals surface area contributed by atoms with Gasteiger partial charge in [-0.3, -0.25) is 4.98 Å². The number of aromatic amines is 1. The number of nitrogens with one attached hydrogen (secondary N) is 1. The third kappa shape index (κ3) is 4.63. The SMILES string of the molecule is CC.CCc1nc2[nH]c(=O)oc2c[n+]1C.[CH3-].[K+]. The van der Waals surface area contributed by atoms with Crippen LogP contribution in [0.1, 0.15) is 26.6 Å². The Balaban J connectivity index is 0. The summed E-state index contributed by atoms with van der Waals surface area (Å²) >= 11 is 0. The molecule has 0 amide bonds. The molecule has 0 saturated carbocycles. The first kappa shape index (κ1) is 19.3. The zero-order valence-corrected chi connectivity index (χ0v) is 14.6. The Bertz CT molecular complexity index is 505. The molecule has 0 aliphatic heterocycles. The summed E-state index contributed by atoms with van der Waals surface area (Å²) in [6.07, 6.45) is 2.57. The van der Waals surface area contributed by atoms with Crippen molar-refractivity contribution in [1.82, 2.24) is 9.97 Å². The Kier molecular flexibility index (Phi) is 10.2. The van der Waals surface area contributed by atoms with Gasteiger partial charge in [0.2, 0.25) is 5.58 Å². The fraction of sp³-hybridized carbons (Fsp3) is 0.455. The predicted octanol–water partition coefficient (Wildman–Crippen LogP) is -1.62. The molecular weight excluding hydrogens is 245 g/mol. The van der Waals surface area contributed by atoms with Crippen LogP contribution >= 0.6 is 0 Å². The summed E-state index contributed by atoms with van der Waals surface area (Å²) in [5.41, 5.74) is 1.00. The predicted molar refractivity (Wildman–Crippen MR) is 62.9 cm³/mol. The van der Waals surface area contributed by atoms with Crippen LogP contribution in [-0.4, -0.2) is 9.97 Å². The van der Waals surface area contributed by atoms with Crippen LogP contribution in [0, 0.1) is 7.43 Å². The second-order valence-corrected chi connectivity index (χ2v) is 2.85. The van der Waals surface area contributed by atoms with E-state index in [-0.39, 0.29) is 58.8 Å². The number of rotatable bonds is 1. The zero-order chi connectivity index (χ0) is 11.4. The monoisotopic (exact) mass is 264 g/mol. The molecule has 2 aromatic rings. The molecule has 6 heteroatoms. The normalized spacial score (nSPS) is 8.71. The van der Waals surface area contributed by atoms with Gasteiger partial charge in [-0.2, -0.15) is 0 Å². The summed E-state index contributed by atoms with van der Waals surface area (Å²) in [5, 5.41) is 0. The van der Waals surface area contributed by atoms with Crippen molar-refractivity contribution in [2.45, 2.75) is 27.2 Å². The van der Waals surface area contributed by atoms with Gasteiger partial charge in [-0.1, -0.05) is 20.8 Å². The molecule has 0 radical (unpaired) electrons.